The van der Waals surface area contributed by atoms with Gasteiger partial charge in [-0.15, -0.1) is 0 Å². The summed E-state index contributed by atoms with van der Waals surface area (Å²) in [5.74, 6) is 0.366. The molecule has 4 unspecified atom stereocenters. The summed E-state index contributed by atoms with van der Waals surface area (Å²) in [6.45, 7) is 33.5. The molecule has 30 heteroatoms. The van der Waals surface area contributed by atoms with Crippen LogP contribution in [0.2, 0.25) is 43.3 Å². The standard InChI is InChI=1S/C19H37NO4Si.C17H36O4Si.C14H23ClO5SSi.C12H26O5Si.C11H22O4Si/c1-4-24-25(2,3)17-13-11-9-7-5-6-8-10-12-16-23-20-18(21)14-15-19(20)22;1-4-19-22(20-5-2,21-6-3)17-15-13-11-9-7-8-10-12-14-16-18;1-4-18-22(19-5-2,20-6-3)12-11-13-7-9-14(10-8-13)21(15,16)17;1-4-15-18(16-5-2,17-6-3)9-7-8-13-10-12-11-14-12;1-12-16(13-2,14-3)7-6-9-4-5-10-11(8-9)15-10/h4-17H2,1-3H3;16H,4-15,17H2,1-3H3;7-10H,4-6,11-12H2,1-3H3;12H,4-11H2,1-3H3;9-11H,4-8H2,1-3H3. The summed E-state index contributed by atoms with van der Waals surface area (Å²) in [4.78, 5) is 38.3. The molecule has 2 amide bonds. The number of hydrogen-bond donors (Lipinski definition) is 0. The zero-order chi connectivity index (χ0) is 76.6. The van der Waals surface area contributed by atoms with E-state index in [9.17, 15) is 22.8 Å². The minimum Gasteiger partial charge on any atom is -0.418 e. The zero-order valence-electron chi connectivity index (χ0n) is 66.7. The number of rotatable bonds is 60. The van der Waals surface area contributed by atoms with E-state index in [1.165, 1.54) is 121 Å². The smallest absolute Gasteiger partial charge is 0.418 e. The number of imide groups is 1. The van der Waals surface area contributed by atoms with Crippen molar-refractivity contribution in [2.45, 2.75) is 303 Å². The number of carbonyl (C=O) groups excluding carboxylic acids is 3. The van der Waals surface area contributed by atoms with Gasteiger partial charge in [0.1, 0.15) is 12.4 Å². The van der Waals surface area contributed by atoms with E-state index < -0.39 is 52.6 Å². The molecule has 0 spiro atoms. The van der Waals surface area contributed by atoms with Crippen LogP contribution in [0.25, 0.3) is 0 Å². The van der Waals surface area contributed by atoms with Crippen LogP contribution in [-0.4, -0.2) is 207 Å². The Morgan fingerprint density at radius 1 is 0.495 bits per heavy atom. The monoisotopic (exact) mass is 1590 g/mol. The van der Waals surface area contributed by atoms with Crippen molar-refractivity contribution >= 4 is 81.4 Å². The summed E-state index contributed by atoms with van der Waals surface area (Å²) >= 11 is 0. The summed E-state index contributed by atoms with van der Waals surface area (Å²) in [7, 11) is -4.62. The molecular formula is C73H144ClNO22SSi5. The number of ether oxygens (including phenoxy) is 3. The van der Waals surface area contributed by atoms with E-state index in [0.717, 1.165) is 99.1 Å². The first-order chi connectivity index (χ1) is 49.6. The van der Waals surface area contributed by atoms with Gasteiger partial charge in [-0.3, -0.25) is 14.4 Å². The Kier molecular flexibility index (Phi) is 58.5. The topological polar surface area (TPSA) is 252 Å². The average Bonchev–Trinajstić information content (AvgIpc) is 1.64. The lowest BCUT2D eigenvalue weighted by Gasteiger charge is -2.28. The maximum Gasteiger partial charge on any atom is 0.501 e. The minimum absolute atomic E-state index is 0.0980. The van der Waals surface area contributed by atoms with Crippen molar-refractivity contribution in [2.75, 3.05) is 114 Å². The maximum atomic E-state index is 11.4. The fourth-order valence-corrected chi connectivity index (χ4v) is 24.9. The number of aryl methyl sites for hydroxylation is 1. The van der Waals surface area contributed by atoms with Gasteiger partial charge in [-0.2, -0.15) is 5.06 Å². The van der Waals surface area contributed by atoms with Crippen LogP contribution in [0.1, 0.15) is 235 Å². The summed E-state index contributed by atoms with van der Waals surface area (Å²) in [5, 5.41) is 0.954. The van der Waals surface area contributed by atoms with Crippen molar-refractivity contribution in [1.29, 1.82) is 0 Å². The molecule has 1 saturated carbocycles. The van der Waals surface area contributed by atoms with Crippen molar-refractivity contribution in [3.8, 4) is 0 Å². The Hall–Kier alpha value is -1.33. The number of nitrogens with zero attached hydrogens (tertiary/aromatic N) is 1. The molecule has 4 aliphatic rings. The van der Waals surface area contributed by atoms with Crippen LogP contribution in [0, 0.1) is 5.92 Å². The molecule has 3 saturated heterocycles. The van der Waals surface area contributed by atoms with E-state index >= 15 is 0 Å². The molecule has 5 rings (SSSR count). The highest BCUT2D eigenvalue weighted by Gasteiger charge is 2.46. The van der Waals surface area contributed by atoms with E-state index in [0.29, 0.717) is 123 Å². The number of hydrogen-bond acceptors (Lipinski definition) is 22. The predicted molar refractivity (Wildman–Crippen MR) is 417 cm³/mol. The second kappa shape index (κ2) is 60.4. The fourth-order valence-electron chi connectivity index (χ4n) is 12.4. The first-order valence-corrected chi connectivity index (χ1v) is 52.6. The molecule has 0 radical (unpaired) electrons. The lowest BCUT2D eigenvalue weighted by atomic mass is 9.88. The number of unbranched alkanes of at least 4 members (excludes halogenated alkanes) is 16. The number of benzene rings is 1. The van der Waals surface area contributed by atoms with Gasteiger partial charge in [-0.05, 0) is 170 Å². The number of aldehydes is 1. The van der Waals surface area contributed by atoms with Crippen molar-refractivity contribution in [3.63, 3.8) is 0 Å². The fraction of sp³-hybridized carbons (Fsp3) is 0.877. The molecule has 1 aromatic carbocycles. The number of fused-ring (bicyclic) bond motifs is 1. The van der Waals surface area contributed by atoms with Crippen molar-refractivity contribution < 1.29 is 99.4 Å². The maximum absolute atomic E-state index is 11.4. The van der Waals surface area contributed by atoms with Gasteiger partial charge in [0.05, 0.1) is 36.9 Å². The molecule has 3 aliphatic heterocycles. The lowest BCUT2D eigenvalue weighted by molar-refractivity contribution is -0.187. The number of amides is 2. The number of carbonyl (C=O) groups is 3. The second-order valence-corrected chi connectivity index (χ2v) is 44.6. The largest absolute Gasteiger partial charge is 0.501 e. The first kappa shape index (κ1) is 99.7. The molecule has 1 aliphatic carbocycles. The lowest BCUT2D eigenvalue weighted by Crippen LogP contribution is -2.46. The summed E-state index contributed by atoms with van der Waals surface area (Å²) in [5.41, 5.74) is 0.986. The Bertz CT molecular complexity index is 2280. The van der Waals surface area contributed by atoms with Crippen molar-refractivity contribution in [1.82, 2.24) is 5.06 Å². The van der Waals surface area contributed by atoms with Crippen LogP contribution in [-0.2, 0) is 106 Å². The Morgan fingerprint density at radius 2 is 0.903 bits per heavy atom. The third kappa shape index (κ3) is 46.8. The van der Waals surface area contributed by atoms with E-state index in [1.807, 2.05) is 62.3 Å². The van der Waals surface area contributed by atoms with Gasteiger partial charge in [0, 0.05) is 148 Å². The predicted octanol–water partition coefficient (Wildman–Crippen LogP) is 16.4. The summed E-state index contributed by atoms with van der Waals surface area (Å²) < 4.78 is 113. The number of epoxide rings is 2. The second-order valence-electron chi connectivity index (χ2n) is 26.5. The normalized spacial score (nSPS) is 17.5. The van der Waals surface area contributed by atoms with Crippen molar-refractivity contribution in [3.05, 3.63) is 29.8 Å². The Balaban J connectivity index is 0.000000648. The molecule has 23 nitrogen and oxygen atoms in total. The van der Waals surface area contributed by atoms with Gasteiger partial charge in [-0.25, -0.2) is 8.42 Å². The van der Waals surface area contributed by atoms with Crippen LogP contribution >= 0.6 is 10.7 Å². The van der Waals surface area contributed by atoms with E-state index in [-0.39, 0.29) is 16.7 Å². The van der Waals surface area contributed by atoms with Crippen LogP contribution in [0.4, 0.5) is 0 Å². The van der Waals surface area contributed by atoms with Crippen LogP contribution in [0.5, 0.6) is 0 Å². The van der Waals surface area contributed by atoms with E-state index in [1.54, 1.807) is 33.5 Å². The molecular weight excluding hydrogens is 1450 g/mol. The molecule has 103 heavy (non-hydrogen) atoms. The Labute approximate surface area is 634 Å². The molecule has 0 N–H and O–H groups in total. The summed E-state index contributed by atoms with van der Waals surface area (Å²) in [6, 6.07) is 11.1. The molecule has 606 valence electrons. The van der Waals surface area contributed by atoms with Gasteiger partial charge in [0.15, 0.2) is 8.32 Å². The van der Waals surface area contributed by atoms with Gasteiger partial charge in [-0.1, -0.05) is 102 Å². The molecule has 4 atom stereocenters. The first-order valence-electron chi connectivity index (χ1n) is 39.4. The van der Waals surface area contributed by atoms with Gasteiger partial charge >= 0.3 is 35.2 Å². The third-order valence-corrected chi connectivity index (χ3v) is 33.9. The molecule has 4 fully saturated rings. The average molecular weight is 1600 g/mol. The highest BCUT2D eigenvalue weighted by molar-refractivity contribution is 8.13. The van der Waals surface area contributed by atoms with Crippen molar-refractivity contribution in [2.24, 2.45) is 5.92 Å². The highest BCUT2D eigenvalue weighted by atomic mass is 35.7. The van der Waals surface area contributed by atoms with E-state index in [4.69, 9.17) is 87.3 Å². The van der Waals surface area contributed by atoms with Crippen LogP contribution < -0.4 is 0 Å². The molecule has 1 aromatic rings. The third-order valence-electron chi connectivity index (χ3n) is 17.8. The zero-order valence-corrected chi connectivity index (χ0v) is 73.3. The van der Waals surface area contributed by atoms with E-state index in [2.05, 4.69) is 20.0 Å². The van der Waals surface area contributed by atoms with Crippen LogP contribution in [0.15, 0.2) is 29.2 Å². The minimum atomic E-state index is -3.68. The van der Waals surface area contributed by atoms with Gasteiger partial charge in [0.2, 0.25) is 0 Å². The Morgan fingerprint density at radius 3 is 1.31 bits per heavy atom. The molecule has 0 bridgehead atoms. The number of halogens is 1. The molecule has 0 aromatic heterocycles. The summed E-state index contributed by atoms with van der Waals surface area (Å²) in [6.07, 6.45) is 31.0. The molecule has 3 heterocycles. The van der Waals surface area contributed by atoms with Gasteiger partial charge in [0.25, 0.3) is 20.9 Å². The van der Waals surface area contributed by atoms with Gasteiger partial charge < -0.3 is 76.5 Å². The number of hydroxylamine groups is 2. The quantitative estimate of drug-likeness (QED) is 0.0147. The highest BCUT2D eigenvalue weighted by Crippen LogP contribution is 2.42. The van der Waals surface area contributed by atoms with Crippen LogP contribution in [0.3, 0.4) is 0 Å². The SMILES string of the molecule is CCO[Si](C)(C)CCCCCCCCCCCON1C(=O)CCC1=O.CCO[Si](CCCCCCCCCCC=O)(OCC)OCC.CCO[Si](CCCOCC1CO1)(OCC)OCC.CCO[Si](CCc1ccc(S(=O)(=O)Cl)cc1)(OCC)OCC.CO[Si](CCC1CCC2OC2C1)(OC)OC.